The SMILES string of the molecule is CCc1ccc(Cn2ncc(CN)c2C)s1. The summed E-state index contributed by atoms with van der Waals surface area (Å²) in [5.74, 6) is 0. The van der Waals surface area contributed by atoms with Crippen LogP contribution in [0.5, 0.6) is 0 Å². The highest BCUT2D eigenvalue weighted by molar-refractivity contribution is 7.11. The summed E-state index contributed by atoms with van der Waals surface area (Å²) in [5.41, 5.74) is 7.94. The van der Waals surface area contributed by atoms with E-state index in [2.05, 4.69) is 31.1 Å². The Balaban J connectivity index is 2.17. The van der Waals surface area contributed by atoms with Crippen molar-refractivity contribution in [3.05, 3.63) is 39.3 Å². The number of rotatable bonds is 4. The topological polar surface area (TPSA) is 43.8 Å². The van der Waals surface area contributed by atoms with E-state index >= 15 is 0 Å². The van der Waals surface area contributed by atoms with Gasteiger partial charge in [-0.15, -0.1) is 11.3 Å². The maximum atomic E-state index is 5.63. The molecular weight excluding hydrogens is 218 g/mol. The monoisotopic (exact) mass is 235 g/mol. The summed E-state index contributed by atoms with van der Waals surface area (Å²) in [4.78, 5) is 2.78. The number of hydrogen-bond acceptors (Lipinski definition) is 3. The first-order chi connectivity index (χ1) is 7.74. The molecule has 2 aromatic heterocycles. The number of nitrogens with two attached hydrogens (primary N) is 1. The van der Waals surface area contributed by atoms with Crippen molar-refractivity contribution in [2.24, 2.45) is 5.73 Å². The molecule has 0 spiro atoms. The van der Waals surface area contributed by atoms with Crippen molar-refractivity contribution in [1.29, 1.82) is 0 Å². The summed E-state index contributed by atoms with van der Waals surface area (Å²) in [7, 11) is 0. The maximum absolute atomic E-state index is 5.63. The molecule has 0 aromatic carbocycles. The van der Waals surface area contributed by atoms with Crippen LogP contribution in [-0.4, -0.2) is 9.78 Å². The van der Waals surface area contributed by atoms with Crippen molar-refractivity contribution in [3.8, 4) is 0 Å². The van der Waals surface area contributed by atoms with Gasteiger partial charge in [-0.3, -0.25) is 4.68 Å². The average molecular weight is 235 g/mol. The minimum absolute atomic E-state index is 0.566. The van der Waals surface area contributed by atoms with Crippen LogP contribution >= 0.6 is 11.3 Å². The van der Waals surface area contributed by atoms with E-state index in [1.807, 2.05) is 22.2 Å². The van der Waals surface area contributed by atoms with Crippen molar-refractivity contribution in [2.45, 2.75) is 33.4 Å². The lowest BCUT2D eigenvalue weighted by atomic mass is 10.2. The van der Waals surface area contributed by atoms with E-state index in [1.165, 1.54) is 15.4 Å². The molecule has 86 valence electrons. The Morgan fingerprint density at radius 3 is 2.69 bits per heavy atom. The molecule has 0 fully saturated rings. The van der Waals surface area contributed by atoms with E-state index in [0.717, 1.165) is 18.5 Å². The number of aryl methyl sites for hydroxylation is 1. The summed E-state index contributed by atoms with van der Waals surface area (Å²) >= 11 is 1.86. The minimum Gasteiger partial charge on any atom is -0.326 e. The molecule has 0 unspecified atom stereocenters. The molecule has 16 heavy (non-hydrogen) atoms. The first-order valence-electron chi connectivity index (χ1n) is 5.53. The van der Waals surface area contributed by atoms with E-state index in [1.54, 1.807) is 0 Å². The molecule has 0 aliphatic carbocycles. The lowest BCUT2D eigenvalue weighted by Gasteiger charge is -2.02. The second-order valence-corrected chi connectivity index (χ2v) is 5.09. The second kappa shape index (κ2) is 4.80. The average Bonchev–Trinajstić information content (AvgIpc) is 2.88. The third-order valence-electron chi connectivity index (χ3n) is 2.80. The highest BCUT2D eigenvalue weighted by Gasteiger charge is 2.06. The molecule has 4 heteroatoms. The summed E-state index contributed by atoms with van der Waals surface area (Å²) in [5, 5.41) is 4.36. The molecular formula is C12H17N3S. The molecule has 2 aromatic rings. The van der Waals surface area contributed by atoms with Gasteiger partial charge in [0.2, 0.25) is 0 Å². The van der Waals surface area contributed by atoms with Crippen LogP contribution in [-0.2, 0) is 19.5 Å². The number of nitrogens with zero attached hydrogens (tertiary/aromatic N) is 2. The fourth-order valence-corrected chi connectivity index (χ4v) is 2.63. The van der Waals surface area contributed by atoms with Gasteiger partial charge in [-0.2, -0.15) is 5.10 Å². The standard InChI is InChI=1S/C12H17N3S/c1-3-11-4-5-12(16-11)8-15-9(2)10(6-13)7-14-15/h4-5,7H,3,6,8,13H2,1-2H3. The van der Waals surface area contributed by atoms with Crippen LogP contribution < -0.4 is 5.73 Å². The van der Waals surface area contributed by atoms with Gasteiger partial charge < -0.3 is 5.73 Å². The van der Waals surface area contributed by atoms with Gasteiger partial charge >= 0.3 is 0 Å². The van der Waals surface area contributed by atoms with Gasteiger partial charge in [0.1, 0.15) is 0 Å². The van der Waals surface area contributed by atoms with Crippen LogP contribution in [0.15, 0.2) is 18.3 Å². The molecule has 0 amide bonds. The highest BCUT2D eigenvalue weighted by atomic mass is 32.1. The first kappa shape index (κ1) is 11.4. The van der Waals surface area contributed by atoms with Crippen LogP contribution in [0.1, 0.15) is 27.9 Å². The van der Waals surface area contributed by atoms with Crippen LogP contribution in [0, 0.1) is 6.92 Å². The van der Waals surface area contributed by atoms with E-state index in [0.29, 0.717) is 6.54 Å². The van der Waals surface area contributed by atoms with Crippen molar-refractivity contribution >= 4 is 11.3 Å². The fraction of sp³-hybridized carbons (Fsp3) is 0.417. The predicted molar refractivity (Wildman–Crippen MR) is 67.7 cm³/mol. The summed E-state index contributed by atoms with van der Waals surface area (Å²) in [6.45, 7) is 5.68. The van der Waals surface area contributed by atoms with Crippen molar-refractivity contribution < 1.29 is 0 Å². The Labute approximate surface area is 99.9 Å². The summed E-state index contributed by atoms with van der Waals surface area (Å²) < 4.78 is 2.02. The van der Waals surface area contributed by atoms with Crippen molar-refractivity contribution in [3.63, 3.8) is 0 Å². The fourth-order valence-electron chi connectivity index (χ4n) is 1.69. The zero-order valence-corrected chi connectivity index (χ0v) is 10.5. The summed E-state index contributed by atoms with van der Waals surface area (Å²) in [6, 6.07) is 4.38. The Kier molecular flexibility index (Phi) is 3.41. The van der Waals surface area contributed by atoms with Gasteiger partial charge in [-0.05, 0) is 25.5 Å². The van der Waals surface area contributed by atoms with Gasteiger partial charge in [0.15, 0.2) is 0 Å². The molecule has 2 rings (SSSR count). The Hall–Kier alpha value is -1.13. The minimum atomic E-state index is 0.566. The number of aromatic nitrogens is 2. The lowest BCUT2D eigenvalue weighted by molar-refractivity contribution is 0.670. The van der Waals surface area contributed by atoms with Crippen LogP contribution in [0.2, 0.25) is 0 Å². The largest absolute Gasteiger partial charge is 0.326 e. The van der Waals surface area contributed by atoms with Gasteiger partial charge in [0.05, 0.1) is 12.7 Å². The van der Waals surface area contributed by atoms with E-state index in [9.17, 15) is 0 Å². The molecule has 0 bridgehead atoms. The molecule has 0 aliphatic rings. The molecule has 0 atom stereocenters. The van der Waals surface area contributed by atoms with Crippen molar-refractivity contribution in [2.75, 3.05) is 0 Å². The highest BCUT2D eigenvalue weighted by Crippen LogP contribution is 2.19. The zero-order chi connectivity index (χ0) is 11.5. The first-order valence-corrected chi connectivity index (χ1v) is 6.35. The molecule has 0 radical (unpaired) electrons. The Morgan fingerprint density at radius 2 is 2.12 bits per heavy atom. The molecule has 0 saturated carbocycles. The molecule has 3 nitrogen and oxygen atoms in total. The maximum Gasteiger partial charge on any atom is 0.0755 e. The second-order valence-electron chi connectivity index (χ2n) is 3.84. The van der Waals surface area contributed by atoms with E-state index in [4.69, 9.17) is 5.73 Å². The number of thiophene rings is 1. The van der Waals surface area contributed by atoms with Gasteiger partial charge in [0, 0.05) is 27.6 Å². The van der Waals surface area contributed by atoms with E-state index < -0.39 is 0 Å². The lowest BCUT2D eigenvalue weighted by Crippen LogP contribution is -2.04. The molecule has 2 heterocycles. The Bertz CT molecular complexity index is 470. The smallest absolute Gasteiger partial charge is 0.0755 e. The van der Waals surface area contributed by atoms with Gasteiger partial charge in [-0.25, -0.2) is 0 Å². The third-order valence-corrected chi connectivity index (χ3v) is 4.01. The predicted octanol–water partition coefficient (Wildman–Crippen LogP) is 2.32. The third kappa shape index (κ3) is 2.18. The number of hydrogen-bond donors (Lipinski definition) is 1. The van der Waals surface area contributed by atoms with Gasteiger partial charge in [-0.1, -0.05) is 6.92 Å². The molecule has 2 N–H and O–H groups in total. The van der Waals surface area contributed by atoms with Crippen LogP contribution in [0.4, 0.5) is 0 Å². The quantitative estimate of drug-likeness (QED) is 0.884. The van der Waals surface area contributed by atoms with E-state index in [-0.39, 0.29) is 0 Å². The summed E-state index contributed by atoms with van der Waals surface area (Å²) in [6.07, 6.45) is 2.97. The zero-order valence-electron chi connectivity index (χ0n) is 9.73. The van der Waals surface area contributed by atoms with Gasteiger partial charge in [0.25, 0.3) is 0 Å². The van der Waals surface area contributed by atoms with Crippen LogP contribution in [0.3, 0.4) is 0 Å². The van der Waals surface area contributed by atoms with Crippen LogP contribution in [0.25, 0.3) is 0 Å². The molecule has 0 saturated heterocycles. The van der Waals surface area contributed by atoms with Crippen molar-refractivity contribution in [1.82, 2.24) is 9.78 Å². The molecule has 0 aliphatic heterocycles. The Morgan fingerprint density at radius 1 is 1.38 bits per heavy atom. The normalized spacial score (nSPS) is 10.9.